The minimum atomic E-state index is -0.413. The number of nitro benzene ring substituents is 1. The van der Waals surface area contributed by atoms with Gasteiger partial charge in [-0.25, -0.2) is 4.98 Å². The molecule has 124 valence electrons. The van der Waals surface area contributed by atoms with Crippen molar-refractivity contribution in [2.45, 2.75) is 26.7 Å². The van der Waals surface area contributed by atoms with E-state index in [4.69, 9.17) is 4.74 Å². The molecular weight excluding hydrogens is 310 g/mol. The molecule has 2 aromatic rings. The van der Waals surface area contributed by atoms with Crippen molar-refractivity contribution in [2.75, 3.05) is 5.32 Å². The van der Waals surface area contributed by atoms with E-state index in [2.05, 4.69) is 10.3 Å². The van der Waals surface area contributed by atoms with E-state index in [1.807, 2.05) is 0 Å². The number of carbonyl (C=O) groups is 1. The molecule has 7 heteroatoms. The number of amides is 1. The van der Waals surface area contributed by atoms with Crippen LogP contribution < -0.4 is 10.1 Å². The van der Waals surface area contributed by atoms with Crippen molar-refractivity contribution in [3.8, 4) is 11.5 Å². The summed E-state index contributed by atoms with van der Waals surface area (Å²) in [6.45, 7) is 3.46. The van der Waals surface area contributed by atoms with Gasteiger partial charge in [0.15, 0.2) is 0 Å². The molecular formula is C17H17N3O4. The number of nitrogens with one attached hydrogen (secondary N) is 1. The van der Waals surface area contributed by atoms with E-state index < -0.39 is 4.92 Å². The summed E-state index contributed by atoms with van der Waals surface area (Å²) in [6.07, 6.45) is 3.39. The van der Waals surface area contributed by atoms with Crippen molar-refractivity contribution in [3.05, 3.63) is 51.7 Å². The summed E-state index contributed by atoms with van der Waals surface area (Å²) < 4.78 is 5.81. The highest BCUT2D eigenvalue weighted by Crippen LogP contribution is 2.33. The molecule has 1 heterocycles. The number of rotatable bonds is 5. The minimum Gasteiger partial charge on any atom is -0.457 e. The van der Waals surface area contributed by atoms with E-state index in [0.717, 1.165) is 12.8 Å². The van der Waals surface area contributed by atoms with Crippen LogP contribution >= 0.6 is 0 Å². The van der Waals surface area contributed by atoms with Gasteiger partial charge in [0.05, 0.1) is 4.92 Å². The molecule has 1 aliphatic carbocycles. The van der Waals surface area contributed by atoms with Gasteiger partial charge in [-0.15, -0.1) is 0 Å². The highest BCUT2D eigenvalue weighted by atomic mass is 16.6. The first-order chi connectivity index (χ1) is 11.5. The van der Waals surface area contributed by atoms with Crippen molar-refractivity contribution in [2.24, 2.45) is 5.92 Å². The fourth-order valence-corrected chi connectivity index (χ4v) is 2.33. The Labute approximate surface area is 138 Å². The zero-order chi connectivity index (χ0) is 17.3. The first kappa shape index (κ1) is 15.9. The maximum atomic E-state index is 11.8. The van der Waals surface area contributed by atoms with Crippen LogP contribution in [0.25, 0.3) is 0 Å². The number of hydrogen-bond donors (Lipinski definition) is 1. The third kappa shape index (κ3) is 3.34. The van der Waals surface area contributed by atoms with Crippen molar-refractivity contribution < 1.29 is 14.5 Å². The lowest BCUT2D eigenvalue weighted by atomic mass is 10.1. The minimum absolute atomic E-state index is 0.0259. The second kappa shape index (κ2) is 6.27. The number of pyridine rings is 1. The topological polar surface area (TPSA) is 94.4 Å². The number of ether oxygens (including phenoxy) is 1. The molecule has 0 radical (unpaired) electrons. The fraction of sp³-hybridized carbons (Fsp3) is 0.294. The molecule has 0 spiro atoms. The maximum Gasteiger partial charge on any atom is 0.272 e. The van der Waals surface area contributed by atoms with Crippen molar-refractivity contribution >= 4 is 17.4 Å². The Hall–Kier alpha value is -2.96. The van der Waals surface area contributed by atoms with E-state index in [9.17, 15) is 14.9 Å². The summed E-state index contributed by atoms with van der Waals surface area (Å²) in [5.41, 5.74) is 1.32. The molecule has 1 saturated carbocycles. The van der Waals surface area contributed by atoms with E-state index in [-0.39, 0.29) is 17.5 Å². The molecule has 24 heavy (non-hydrogen) atoms. The molecule has 1 aromatic carbocycles. The van der Waals surface area contributed by atoms with E-state index in [0.29, 0.717) is 28.4 Å². The highest BCUT2D eigenvalue weighted by Gasteiger charge is 2.29. The SMILES string of the molecule is Cc1c(Oc2ccnc(NC(=O)C3CC3)c2)ccc([N+](=O)[O-])c1C. The van der Waals surface area contributed by atoms with Gasteiger partial charge >= 0.3 is 0 Å². The predicted octanol–water partition coefficient (Wildman–Crippen LogP) is 3.75. The van der Waals surface area contributed by atoms with Gasteiger partial charge in [0.2, 0.25) is 5.91 Å². The van der Waals surface area contributed by atoms with Gasteiger partial charge in [-0.1, -0.05) is 0 Å². The Morgan fingerprint density at radius 2 is 2.04 bits per heavy atom. The Morgan fingerprint density at radius 1 is 1.29 bits per heavy atom. The summed E-state index contributed by atoms with van der Waals surface area (Å²) in [4.78, 5) is 26.5. The second-order valence-electron chi connectivity index (χ2n) is 5.83. The monoisotopic (exact) mass is 327 g/mol. The van der Waals surface area contributed by atoms with Crippen LogP contribution in [0.15, 0.2) is 30.5 Å². The quantitative estimate of drug-likeness (QED) is 0.666. The zero-order valence-corrected chi connectivity index (χ0v) is 13.4. The first-order valence-corrected chi connectivity index (χ1v) is 7.65. The number of nitro groups is 1. The molecule has 0 bridgehead atoms. The standard InChI is InChI=1S/C17H17N3O4/c1-10-11(2)15(6-5-14(10)20(22)23)24-13-7-8-18-16(9-13)19-17(21)12-3-4-12/h5-9,12H,3-4H2,1-2H3,(H,18,19,21). The Morgan fingerprint density at radius 3 is 2.71 bits per heavy atom. The van der Waals surface area contributed by atoms with Gasteiger partial charge in [0.25, 0.3) is 5.69 Å². The average Bonchev–Trinajstić information content (AvgIpc) is 3.37. The van der Waals surface area contributed by atoms with Gasteiger partial charge < -0.3 is 10.1 Å². The average molecular weight is 327 g/mol. The molecule has 0 atom stereocenters. The number of benzene rings is 1. The number of carbonyl (C=O) groups excluding carboxylic acids is 1. The summed E-state index contributed by atoms with van der Waals surface area (Å²) >= 11 is 0. The Kier molecular flexibility index (Phi) is 4.16. The van der Waals surface area contributed by atoms with Gasteiger partial charge in [-0.2, -0.15) is 0 Å². The normalized spacial score (nSPS) is 13.4. The van der Waals surface area contributed by atoms with Crippen molar-refractivity contribution in [1.29, 1.82) is 0 Å². The Bertz CT molecular complexity index is 815. The smallest absolute Gasteiger partial charge is 0.272 e. The van der Waals surface area contributed by atoms with Crippen LogP contribution in [-0.4, -0.2) is 15.8 Å². The van der Waals surface area contributed by atoms with Crippen LogP contribution in [0.2, 0.25) is 0 Å². The number of hydrogen-bond acceptors (Lipinski definition) is 5. The van der Waals surface area contributed by atoms with Crippen LogP contribution in [-0.2, 0) is 4.79 Å². The van der Waals surface area contributed by atoms with E-state index in [1.165, 1.54) is 6.07 Å². The van der Waals surface area contributed by atoms with Crippen molar-refractivity contribution in [1.82, 2.24) is 4.98 Å². The third-order valence-electron chi connectivity index (χ3n) is 4.06. The zero-order valence-electron chi connectivity index (χ0n) is 13.4. The number of nitrogens with zero attached hydrogens (tertiary/aromatic N) is 2. The van der Waals surface area contributed by atoms with Gasteiger partial charge in [-0.3, -0.25) is 14.9 Å². The van der Waals surface area contributed by atoms with Gasteiger partial charge in [-0.05, 0) is 38.8 Å². The number of aromatic nitrogens is 1. The van der Waals surface area contributed by atoms with E-state index >= 15 is 0 Å². The molecule has 1 fully saturated rings. The molecule has 0 saturated heterocycles. The summed E-state index contributed by atoms with van der Waals surface area (Å²) in [5, 5.41) is 13.7. The second-order valence-corrected chi connectivity index (χ2v) is 5.83. The Balaban J connectivity index is 1.79. The fourth-order valence-electron chi connectivity index (χ4n) is 2.33. The molecule has 1 N–H and O–H groups in total. The van der Waals surface area contributed by atoms with E-state index in [1.54, 1.807) is 38.2 Å². The van der Waals surface area contributed by atoms with Crippen molar-refractivity contribution in [3.63, 3.8) is 0 Å². The molecule has 7 nitrogen and oxygen atoms in total. The molecule has 1 aliphatic rings. The molecule has 3 rings (SSSR count). The lowest BCUT2D eigenvalue weighted by molar-refractivity contribution is -0.385. The molecule has 1 amide bonds. The number of anilines is 1. The molecule has 0 unspecified atom stereocenters. The molecule has 1 aromatic heterocycles. The van der Waals surface area contributed by atoms with Crippen LogP contribution in [0.3, 0.4) is 0 Å². The third-order valence-corrected chi connectivity index (χ3v) is 4.06. The van der Waals surface area contributed by atoms with Gasteiger partial charge in [0, 0.05) is 35.4 Å². The predicted molar refractivity (Wildman–Crippen MR) is 88.2 cm³/mol. The maximum absolute atomic E-state index is 11.8. The summed E-state index contributed by atoms with van der Waals surface area (Å²) in [5.74, 6) is 1.54. The lowest BCUT2D eigenvalue weighted by Crippen LogP contribution is -2.14. The first-order valence-electron chi connectivity index (χ1n) is 7.65. The van der Waals surface area contributed by atoms with Crippen LogP contribution in [0, 0.1) is 29.9 Å². The van der Waals surface area contributed by atoms with Crippen LogP contribution in [0.4, 0.5) is 11.5 Å². The summed E-state index contributed by atoms with van der Waals surface area (Å²) in [6, 6.07) is 6.30. The molecule has 0 aliphatic heterocycles. The van der Waals surface area contributed by atoms with Gasteiger partial charge in [0.1, 0.15) is 17.3 Å². The lowest BCUT2D eigenvalue weighted by Gasteiger charge is -2.12. The largest absolute Gasteiger partial charge is 0.457 e. The summed E-state index contributed by atoms with van der Waals surface area (Å²) in [7, 11) is 0. The van der Waals surface area contributed by atoms with Crippen LogP contribution in [0.5, 0.6) is 11.5 Å². The highest BCUT2D eigenvalue weighted by molar-refractivity contribution is 5.93. The van der Waals surface area contributed by atoms with Crippen LogP contribution in [0.1, 0.15) is 24.0 Å².